The third-order valence-electron chi connectivity index (χ3n) is 21.3. The Hall–Kier alpha value is -7.44. The van der Waals surface area contributed by atoms with Gasteiger partial charge < -0.3 is 23.5 Å². The molecule has 0 saturated carbocycles. The van der Waals surface area contributed by atoms with Gasteiger partial charge in [0.25, 0.3) is 0 Å². The van der Waals surface area contributed by atoms with Crippen LogP contribution >= 0.6 is 0 Å². The molecule has 8 aromatic carbocycles. The molecule has 0 amide bonds. The molecule has 423 valence electrons. The van der Waals surface area contributed by atoms with E-state index in [-0.39, 0.29) is 37.9 Å². The van der Waals surface area contributed by atoms with E-state index >= 15 is 0 Å². The third-order valence-corrected chi connectivity index (χ3v) is 21.3. The van der Waals surface area contributed by atoms with E-state index in [9.17, 15) is 0 Å². The highest BCUT2D eigenvalue weighted by Gasteiger charge is 2.43. The fraction of sp³-hybridized carbons (Fsp3) is 0.359. The minimum absolute atomic E-state index is 0.00484. The molecule has 3 aromatic heterocycles. The van der Waals surface area contributed by atoms with Gasteiger partial charge in [0.05, 0.1) is 17.0 Å². The van der Waals surface area contributed by atoms with E-state index in [0.29, 0.717) is 0 Å². The van der Waals surface area contributed by atoms with Gasteiger partial charge in [-0.05, 0) is 199 Å². The summed E-state index contributed by atoms with van der Waals surface area (Å²) in [6.45, 7) is 35.9. The number of hydrogen-bond donors (Lipinski definition) is 1. The fourth-order valence-corrected chi connectivity index (χ4v) is 15.5. The van der Waals surface area contributed by atoms with Gasteiger partial charge in [0.2, 0.25) is 7.28 Å². The molecule has 4 heterocycles. The van der Waals surface area contributed by atoms with Crippen LogP contribution in [0.15, 0.2) is 147 Å². The lowest BCUT2D eigenvalue weighted by Gasteiger charge is -2.42. The van der Waals surface area contributed by atoms with Crippen LogP contribution < -0.4 is 21.3 Å². The molecule has 15 rings (SSSR count). The van der Waals surface area contributed by atoms with Gasteiger partial charge in [0.1, 0.15) is 27.9 Å². The van der Waals surface area contributed by atoms with E-state index < -0.39 is 0 Å². The number of nitrogens with one attached hydrogen (secondary N) is 1. The second-order valence-corrected chi connectivity index (χ2v) is 30.8. The quantitative estimate of drug-likeness (QED) is 0.174. The summed E-state index contributed by atoms with van der Waals surface area (Å²) >= 11 is 0. The molecule has 5 nitrogen and oxygen atoms in total. The molecule has 0 bridgehead atoms. The molecule has 1 radical (unpaired) electrons. The maximum absolute atomic E-state index is 7.46. The third kappa shape index (κ3) is 8.00. The van der Waals surface area contributed by atoms with Crippen LogP contribution in [0.3, 0.4) is 0 Å². The Labute approximate surface area is 497 Å². The van der Waals surface area contributed by atoms with Crippen molar-refractivity contribution in [1.29, 1.82) is 0 Å². The highest BCUT2D eigenvalue weighted by atomic mass is 16.3. The molecule has 0 saturated heterocycles. The van der Waals surface area contributed by atoms with Crippen molar-refractivity contribution in [2.45, 2.75) is 180 Å². The Kier molecular flexibility index (Phi) is 11.2. The molecule has 3 aliphatic carbocycles. The van der Waals surface area contributed by atoms with Crippen LogP contribution in [0.5, 0.6) is 0 Å². The maximum atomic E-state index is 7.46. The Morgan fingerprint density at radius 3 is 1.62 bits per heavy atom. The van der Waals surface area contributed by atoms with Gasteiger partial charge in [-0.2, -0.15) is 0 Å². The first-order valence-corrected chi connectivity index (χ1v) is 31.1. The standard InChI is InChI=1S/C78H80BN2O3/c1-72(2,3)45-25-28-61(48(35-45)44-21-17-16-18-22-44)81-62-40-51-47-23-19-20-24-63(47)83-70(51)67(68(62)79-71-69(81)53-38-57-59(43-66(53)84-71)78(14,15)34-32-76(57,10)11)52-41-64-50(49-37-56-58(42-65(49)82-64)77(12,13)33-31-75(56,8)9)39-60(52)80-46-26-27-54-55(36-46)74(6,7)30-29-73(54,4)5/h16-28,35-43,80H,29-34H2,1-15H3. The second-order valence-electron chi connectivity index (χ2n) is 30.8. The molecule has 4 aliphatic rings. The maximum Gasteiger partial charge on any atom is 0.247 e. The van der Waals surface area contributed by atoms with E-state index in [1.165, 1.54) is 38.9 Å². The van der Waals surface area contributed by atoms with Gasteiger partial charge in [0.15, 0.2) is 0 Å². The number of furan rings is 3. The van der Waals surface area contributed by atoms with E-state index in [0.717, 1.165) is 155 Å². The summed E-state index contributed by atoms with van der Waals surface area (Å²) in [6.07, 6.45) is 6.78. The topological polar surface area (TPSA) is 54.7 Å². The van der Waals surface area contributed by atoms with Gasteiger partial charge >= 0.3 is 0 Å². The minimum atomic E-state index is -0.0932. The number of para-hydroxylation sites is 1. The summed E-state index contributed by atoms with van der Waals surface area (Å²) in [5.41, 5.74) is 25.5. The summed E-state index contributed by atoms with van der Waals surface area (Å²) in [5, 5.41) is 9.65. The molecule has 0 unspecified atom stereocenters. The van der Waals surface area contributed by atoms with Crippen molar-refractivity contribution in [3.63, 3.8) is 0 Å². The van der Waals surface area contributed by atoms with E-state index in [1.54, 1.807) is 0 Å². The average Bonchev–Trinajstić information content (AvgIpc) is 1.52. The monoisotopic (exact) mass is 1100 g/mol. The zero-order valence-electron chi connectivity index (χ0n) is 52.2. The number of fused-ring (bicyclic) bond motifs is 13. The van der Waals surface area contributed by atoms with E-state index in [4.69, 9.17) is 13.3 Å². The number of rotatable bonds is 5. The van der Waals surface area contributed by atoms with Gasteiger partial charge in [-0.3, -0.25) is 0 Å². The summed E-state index contributed by atoms with van der Waals surface area (Å²) < 4.78 is 22.1. The predicted octanol–water partition coefficient (Wildman–Crippen LogP) is 21.1. The number of nitrogens with zero attached hydrogens (tertiary/aromatic N) is 1. The molecular formula is C78H80BN2O3. The van der Waals surface area contributed by atoms with Crippen LogP contribution in [0.2, 0.25) is 0 Å². The highest BCUT2D eigenvalue weighted by molar-refractivity contribution is 6.73. The van der Waals surface area contributed by atoms with Gasteiger partial charge in [-0.1, -0.05) is 165 Å². The normalized spacial score (nSPS) is 18.8. The molecule has 1 aliphatic heterocycles. The second kappa shape index (κ2) is 17.6. The fourth-order valence-electron chi connectivity index (χ4n) is 15.5. The van der Waals surface area contributed by atoms with Crippen molar-refractivity contribution in [2.24, 2.45) is 0 Å². The zero-order chi connectivity index (χ0) is 58.6. The predicted molar refractivity (Wildman–Crippen MR) is 356 cm³/mol. The first-order valence-electron chi connectivity index (χ1n) is 31.1. The summed E-state index contributed by atoms with van der Waals surface area (Å²) in [5.74, 6) is 0. The first-order chi connectivity index (χ1) is 39.7. The van der Waals surface area contributed by atoms with Crippen molar-refractivity contribution in [3.05, 3.63) is 172 Å². The first kappa shape index (κ1) is 53.3. The molecule has 1 N–H and O–H groups in total. The van der Waals surface area contributed by atoms with E-state index in [1.807, 2.05) is 0 Å². The molecule has 84 heavy (non-hydrogen) atoms. The Balaban J connectivity index is 1.07. The number of hydrogen-bond acceptors (Lipinski definition) is 5. The Morgan fingerprint density at radius 2 is 0.976 bits per heavy atom. The molecule has 6 heteroatoms. The molecule has 0 atom stereocenters. The zero-order valence-corrected chi connectivity index (χ0v) is 52.2. The van der Waals surface area contributed by atoms with Crippen LogP contribution in [0, 0.1) is 0 Å². The molecule has 11 aromatic rings. The minimum Gasteiger partial charge on any atom is -0.469 e. The largest absolute Gasteiger partial charge is 0.469 e. The summed E-state index contributed by atoms with van der Waals surface area (Å²) in [4.78, 5) is 2.55. The molecular weight excluding hydrogens is 1020 g/mol. The lowest BCUT2D eigenvalue weighted by atomic mass is 9.60. The van der Waals surface area contributed by atoms with Crippen molar-refractivity contribution in [1.82, 2.24) is 0 Å². The van der Waals surface area contributed by atoms with Crippen molar-refractivity contribution in [3.8, 4) is 22.3 Å². The molecule has 0 fully saturated rings. The van der Waals surface area contributed by atoms with Crippen LogP contribution in [0.25, 0.3) is 77.1 Å². The van der Waals surface area contributed by atoms with Gasteiger partial charge in [0, 0.05) is 60.7 Å². The van der Waals surface area contributed by atoms with Crippen molar-refractivity contribution < 1.29 is 13.3 Å². The highest BCUT2D eigenvalue weighted by Crippen LogP contribution is 2.55. The lowest BCUT2D eigenvalue weighted by Crippen LogP contribution is -2.40. The lowest BCUT2D eigenvalue weighted by molar-refractivity contribution is 0.332. The Bertz CT molecular complexity index is 4600. The Morgan fingerprint density at radius 1 is 0.429 bits per heavy atom. The summed E-state index contributed by atoms with van der Waals surface area (Å²) in [6, 6.07) is 50.7. The van der Waals surface area contributed by atoms with Crippen LogP contribution in [-0.4, -0.2) is 7.28 Å². The number of anilines is 5. The van der Waals surface area contributed by atoms with Crippen LogP contribution in [0.4, 0.5) is 28.4 Å². The van der Waals surface area contributed by atoms with Gasteiger partial charge in [-0.25, -0.2) is 0 Å². The van der Waals surface area contributed by atoms with Crippen LogP contribution in [-0.2, 0) is 37.9 Å². The average molecular weight is 1100 g/mol. The SMILES string of the molecule is CC(C)(C)c1ccc(N2c3cc4c(oc5ccccc54)c(-c4cc5oc6cc7c(cc6c5cc4Nc4ccc5c(c4)C(C)(C)CCC5(C)C)C(C)(C)CCC7(C)C)c3[B]c3oc4cc5c(cc4c32)C(C)(C)CCC5(C)C)c(-c2ccccc2)c1. The summed E-state index contributed by atoms with van der Waals surface area (Å²) in [7, 11) is 2.33. The molecule has 0 spiro atoms. The van der Waals surface area contributed by atoms with Crippen molar-refractivity contribution in [2.75, 3.05) is 10.2 Å². The van der Waals surface area contributed by atoms with E-state index in [2.05, 4.69) is 255 Å². The number of benzene rings is 8. The van der Waals surface area contributed by atoms with Crippen molar-refractivity contribution >= 4 is 102 Å². The smallest absolute Gasteiger partial charge is 0.247 e. The van der Waals surface area contributed by atoms with Crippen LogP contribution in [0.1, 0.15) is 181 Å². The van der Waals surface area contributed by atoms with Gasteiger partial charge in [-0.15, -0.1) is 0 Å².